The molecule has 1 aromatic rings. The van der Waals surface area contributed by atoms with Crippen LogP contribution in [0, 0.1) is 5.92 Å². The SMILES string of the molecule is CC(C)CC(N)c1cncn1CCCN1CCOCC1. The Morgan fingerprint density at radius 3 is 2.75 bits per heavy atom. The molecule has 1 saturated heterocycles. The second kappa shape index (κ2) is 7.76. The topological polar surface area (TPSA) is 56.3 Å². The molecule has 1 aliphatic rings. The van der Waals surface area contributed by atoms with Crippen molar-refractivity contribution in [1.29, 1.82) is 0 Å². The van der Waals surface area contributed by atoms with Crippen LogP contribution in [0.5, 0.6) is 0 Å². The van der Waals surface area contributed by atoms with Gasteiger partial charge in [0, 0.05) is 38.4 Å². The zero-order valence-corrected chi connectivity index (χ0v) is 12.8. The number of morpholine rings is 1. The molecular weight excluding hydrogens is 252 g/mol. The molecule has 114 valence electrons. The van der Waals surface area contributed by atoms with E-state index >= 15 is 0 Å². The molecule has 1 fully saturated rings. The van der Waals surface area contributed by atoms with Crippen molar-refractivity contribution in [2.75, 3.05) is 32.8 Å². The van der Waals surface area contributed by atoms with Crippen LogP contribution in [-0.4, -0.2) is 47.3 Å². The third-order valence-corrected chi connectivity index (χ3v) is 3.83. The maximum Gasteiger partial charge on any atom is 0.0948 e. The molecule has 5 nitrogen and oxygen atoms in total. The summed E-state index contributed by atoms with van der Waals surface area (Å²) in [5.41, 5.74) is 7.44. The average molecular weight is 280 g/mol. The van der Waals surface area contributed by atoms with Crippen LogP contribution < -0.4 is 5.73 Å². The van der Waals surface area contributed by atoms with Gasteiger partial charge in [0.2, 0.25) is 0 Å². The van der Waals surface area contributed by atoms with Gasteiger partial charge < -0.3 is 15.0 Å². The lowest BCUT2D eigenvalue weighted by Gasteiger charge is -2.26. The molecule has 0 amide bonds. The van der Waals surface area contributed by atoms with Crippen LogP contribution in [-0.2, 0) is 11.3 Å². The Morgan fingerprint density at radius 1 is 1.30 bits per heavy atom. The molecule has 2 rings (SSSR count). The number of rotatable bonds is 7. The van der Waals surface area contributed by atoms with Gasteiger partial charge in [0.15, 0.2) is 0 Å². The van der Waals surface area contributed by atoms with Crippen molar-refractivity contribution in [3.63, 3.8) is 0 Å². The van der Waals surface area contributed by atoms with Crippen LogP contribution in [0.1, 0.15) is 38.4 Å². The first-order chi connectivity index (χ1) is 9.66. The molecule has 0 spiro atoms. The van der Waals surface area contributed by atoms with Crippen molar-refractivity contribution in [1.82, 2.24) is 14.5 Å². The van der Waals surface area contributed by atoms with Gasteiger partial charge in [-0.2, -0.15) is 0 Å². The van der Waals surface area contributed by atoms with E-state index in [0.29, 0.717) is 5.92 Å². The van der Waals surface area contributed by atoms with E-state index in [4.69, 9.17) is 10.5 Å². The van der Waals surface area contributed by atoms with Crippen molar-refractivity contribution in [2.45, 2.75) is 39.3 Å². The minimum atomic E-state index is 0.0980. The molecule has 1 atom stereocenters. The fraction of sp³-hybridized carbons (Fsp3) is 0.800. The van der Waals surface area contributed by atoms with Crippen LogP contribution in [0.3, 0.4) is 0 Å². The summed E-state index contributed by atoms with van der Waals surface area (Å²) < 4.78 is 7.58. The predicted octanol–water partition coefficient (Wildman–Crippen LogP) is 1.65. The minimum Gasteiger partial charge on any atom is -0.379 e. The van der Waals surface area contributed by atoms with E-state index in [1.54, 1.807) is 0 Å². The quantitative estimate of drug-likeness (QED) is 0.825. The number of aryl methyl sites for hydroxylation is 1. The van der Waals surface area contributed by atoms with E-state index < -0.39 is 0 Å². The van der Waals surface area contributed by atoms with Crippen molar-refractivity contribution in [3.05, 3.63) is 18.2 Å². The molecule has 0 aromatic carbocycles. The smallest absolute Gasteiger partial charge is 0.0948 e. The first-order valence-corrected chi connectivity index (χ1v) is 7.72. The summed E-state index contributed by atoms with van der Waals surface area (Å²) >= 11 is 0. The Balaban J connectivity index is 1.79. The maximum absolute atomic E-state index is 6.27. The fourth-order valence-electron chi connectivity index (χ4n) is 2.74. The number of nitrogens with zero attached hydrogens (tertiary/aromatic N) is 3. The normalized spacial score (nSPS) is 18.6. The Labute approximate surface area is 122 Å². The van der Waals surface area contributed by atoms with Crippen LogP contribution >= 0.6 is 0 Å². The van der Waals surface area contributed by atoms with Gasteiger partial charge in [-0.1, -0.05) is 13.8 Å². The highest BCUT2D eigenvalue weighted by Gasteiger charge is 2.14. The largest absolute Gasteiger partial charge is 0.379 e. The number of aromatic nitrogens is 2. The van der Waals surface area contributed by atoms with Crippen molar-refractivity contribution in [2.24, 2.45) is 11.7 Å². The van der Waals surface area contributed by atoms with E-state index in [1.807, 2.05) is 12.5 Å². The number of hydrogen-bond acceptors (Lipinski definition) is 4. The van der Waals surface area contributed by atoms with E-state index in [1.165, 1.54) is 5.69 Å². The van der Waals surface area contributed by atoms with E-state index in [9.17, 15) is 0 Å². The van der Waals surface area contributed by atoms with Crippen LogP contribution in [0.2, 0.25) is 0 Å². The lowest BCUT2D eigenvalue weighted by molar-refractivity contribution is 0.0369. The van der Waals surface area contributed by atoms with E-state index in [-0.39, 0.29) is 6.04 Å². The molecular formula is C15H28N4O. The number of imidazole rings is 1. The zero-order valence-electron chi connectivity index (χ0n) is 12.8. The summed E-state index contributed by atoms with van der Waals surface area (Å²) in [6, 6.07) is 0.0980. The summed E-state index contributed by atoms with van der Waals surface area (Å²) in [6.45, 7) is 10.4. The van der Waals surface area contributed by atoms with Gasteiger partial charge in [-0.05, 0) is 18.8 Å². The van der Waals surface area contributed by atoms with Crippen molar-refractivity contribution < 1.29 is 4.74 Å². The second-order valence-electron chi connectivity index (χ2n) is 6.06. The second-order valence-corrected chi connectivity index (χ2v) is 6.06. The zero-order chi connectivity index (χ0) is 14.4. The number of nitrogens with two attached hydrogens (primary N) is 1. The summed E-state index contributed by atoms with van der Waals surface area (Å²) in [4.78, 5) is 6.73. The molecule has 1 aliphatic heterocycles. The molecule has 5 heteroatoms. The molecule has 1 aromatic heterocycles. The predicted molar refractivity (Wildman–Crippen MR) is 80.5 cm³/mol. The van der Waals surface area contributed by atoms with Crippen LogP contribution in [0.4, 0.5) is 0 Å². The lowest BCUT2D eigenvalue weighted by Crippen LogP contribution is -2.37. The first-order valence-electron chi connectivity index (χ1n) is 7.72. The maximum atomic E-state index is 6.27. The Bertz CT molecular complexity index is 385. The number of ether oxygens (including phenoxy) is 1. The van der Waals surface area contributed by atoms with Crippen molar-refractivity contribution in [3.8, 4) is 0 Å². The van der Waals surface area contributed by atoms with Gasteiger partial charge in [-0.3, -0.25) is 4.90 Å². The summed E-state index contributed by atoms with van der Waals surface area (Å²) in [5, 5.41) is 0. The summed E-state index contributed by atoms with van der Waals surface area (Å²) in [5.74, 6) is 0.613. The molecule has 0 saturated carbocycles. The van der Waals surface area contributed by atoms with Gasteiger partial charge >= 0.3 is 0 Å². The molecule has 0 bridgehead atoms. The molecule has 2 N–H and O–H groups in total. The third kappa shape index (κ3) is 4.58. The van der Waals surface area contributed by atoms with Crippen LogP contribution in [0.25, 0.3) is 0 Å². The van der Waals surface area contributed by atoms with Gasteiger partial charge in [-0.15, -0.1) is 0 Å². The highest BCUT2D eigenvalue weighted by molar-refractivity contribution is 5.04. The van der Waals surface area contributed by atoms with E-state index in [0.717, 1.165) is 52.2 Å². The van der Waals surface area contributed by atoms with Gasteiger partial charge in [0.05, 0.1) is 25.2 Å². The average Bonchev–Trinajstić information content (AvgIpc) is 2.88. The lowest BCUT2D eigenvalue weighted by atomic mass is 10.0. The van der Waals surface area contributed by atoms with Gasteiger partial charge in [0.1, 0.15) is 0 Å². The van der Waals surface area contributed by atoms with Gasteiger partial charge in [-0.25, -0.2) is 4.98 Å². The van der Waals surface area contributed by atoms with E-state index in [2.05, 4.69) is 28.3 Å². The minimum absolute atomic E-state index is 0.0980. The van der Waals surface area contributed by atoms with Crippen molar-refractivity contribution >= 4 is 0 Å². The van der Waals surface area contributed by atoms with Gasteiger partial charge in [0.25, 0.3) is 0 Å². The Kier molecular flexibility index (Phi) is 6.01. The molecule has 1 unspecified atom stereocenters. The summed E-state index contributed by atoms with van der Waals surface area (Å²) in [6.07, 6.45) is 5.98. The number of hydrogen-bond donors (Lipinski definition) is 1. The monoisotopic (exact) mass is 280 g/mol. The Hall–Kier alpha value is -0.910. The molecule has 0 radical (unpaired) electrons. The molecule has 2 heterocycles. The third-order valence-electron chi connectivity index (χ3n) is 3.83. The molecule has 0 aliphatic carbocycles. The standard InChI is InChI=1S/C15H28N4O/c1-13(2)10-14(16)15-11-17-12-19(15)5-3-4-18-6-8-20-9-7-18/h11-14H,3-10,16H2,1-2H3. The highest BCUT2D eigenvalue weighted by atomic mass is 16.5. The molecule has 20 heavy (non-hydrogen) atoms. The Morgan fingerprint density at radius 2 is 2.05 bits per heavy atom. The van der Waals surface area contributed by atoms with Crippen LogP contribution in [0.15, 0.2) is 12.5 Å². The fourth-order valence-corrected chi connectivity index (χ4v) is 2.74. The summed E-state index contributed by atoms with van der Waals surface area (Å²) in [7, 11) is 0. The highest BCUT2D eigenvalue weighted by Crippen LogP contribution is 2.18. The first kappa shape index (κ1) is 15.5.